The summed E-state index contributed by atoms with van der Waals surface area (Å²) in [4.78, 5) is 22.2. The second kappa shape index (κ2) is 6.20. The molecule has 0 atom stereocenters. The summed E-state index contributed by atoms with van der Waals surface area (Å²) >= 11 is 0. The molecule has 1 rings (SSSR count). The fraction of sp³-hybridized carbons (Fsp3) is 0.167. The lowest BCUT2D eigenvalue weighted by atomic mass is 10.1. The third-order valence-electron chi connectivity index (χ3n) is 2.12. The summed E-state index contributed by atoms with van der Waals surface area (Å²) in [6.07, 6.45) is 1.68. The number of ether oxygens (including phenoxy) is 1. The van der Waals surface area contributed by atoms with Crippen LogP contribution in [0.4, 0.5) is 5.69 Å². The number of anilines is 1. The van der Waals surface area contributed by atoms with E-state index in [0.717, 1.165) is 13.4 Å². The number of carbonyl (C=O) groups excluding carboxylic acids is 2. The lowest BCUT2D eigenvalue weighted by molar-refractivity contribution is -0.149. The van der Waals surface area contributed by atoms with Crippen molar-refractivity contribution in [2.24, 2.45) is 0 Å². The van der Waals surface area contributed by atoms with E-state index in [4.69, 9.17) is 0 Å². The molecule has 0 unspecified atom stereocenters. The van der Waals surface area contributed by atoms with Crippen LogP contribution in [0.25, 0.3) is 5.76 Å². The Morgan fingerprint density at radius 2 is 2.00 bits per heavy atom. The Hall–Kier alpha value is -2.35. The highest BCUT2D eigenvalue weighted by atomic mass is 32.2. The van der Waals surface area contributed by atoms with E-state index in [1.165, 1.54) is 24.3 Å². The Labute approximate surface area is 115 Å². The molecule has 0 amide bonds. The molecule has 0 aliphatic rings. The van der Waals surface area contributed by atoms with Crippen LogP contribution in [0.2, 0.25) is 0 Å². The highest BCUT2D eigenvalue weighted by Crippen LogP contribution is 2.17. The quantitative estimate of drug-likeness (QED) is 0.358. The molecule has 0 aromatic heterocycles. The number of methoxy groups -OCH3 is 1. The SMILES string of the molecule is COC(=O)C(=O)C=C(O)c1cccc(NS(C)(=O)=O)c1. The Morgan fingerprint density at radius 1 is 1.35 bits per heavy atom. The summed E-state index contributed by atoms with van der Waals surface area (Å²) in [5, 5.41) is 9.71. The van der Waals surface area contributed by atoms with Gasteiger partial charge in [0.2, 0.25) is 10.0 Å². The van der Waals surface area contributed by atoms with Gasteiger partial charge in [0, 0.05) is 17.3 Å². The smallest absolute Gasteiger partial charge is 0.378 e. The first kappa shape index (κ1) is 15.7. The third kappa shape index (κ3) is 4.73. The number of sulfonamides is 1. The molecule has 0 heterocycles. The minimum absolute atomic E-state index is 0.177. The molecule has 0 aliphatic heterocycles. The maximum Gasteiger partial charge on any atom is 0.378 e. The van der Waals surface area contributed by atoms with E-state index in [-0.39, 0.29) is 11.3 Å². The minimum Gasteiger partial charge on any atom is -0.507 e. The van der Waals surface area contributed by atoms with Crippen LogP contribution in [0, 0.1) is 0 Å². The van der Waals surface area contributed by atoms with Gasteiger partial charge < -0.3 is 9.84 Å². The molecular weight excluding hydrogens is 286 g/mol. The number of esters is 1. The van der Waals surface area contributed by atoms with Crippen LogP contribution in [-0.2, 0) is 24.3 Å². The van der Waals surface area contributed by atoms with Crippen molar-refractivity contribution in [1.29, 1.82) is 0 Å². The maximum atomic E-state index is 11.2. The van der Waals surface area contributed by atoms with Crippen LogP contribution in [0.1, 0.15) is 5.56 Å². The number of ketones is 1. The standard InChI is InChI=1S/C12H13NO6S/c1-19-12(16)11(15)7-10(14)8-4-3-5-9(6-8)13-20(2,17)18/h3-7,13-14H,1-2H3. The number of benzene rings is 1. The number of aliphatic hydroxyl groups is 1. The van der Waals surface area contributed by atoms with Crippen LogP contribution in [0.15, 0.2) is 30.3 Å². The summed E-state index contributed by atoms with van der Waals surface area (Å²) in [6, 6.07) is 5.72. The van der Waals surface area contributed by atoms with Gasteiger partial charge in [0.15, 0.2) is 0 Å². The molecule has 0 saturated heterocycles. The molecule has 0 saturated carbocycles. The predicted octanol–water partition coefficient (Wildman–Crippen LogP) is 0.699. The van der Waals surface area contributed by atoms with Crippen LogP contribution >= 0.6 is 0 Å². The van der Waals surface area contributed by atoms with Gasteiger partial charge in [0.25, 0.3) is 5.78 Å². The number of nitrogens with one attached hydrogen (secondary N) is 1. The molecular formula is C12H13NO6S. The zero-order chi connectivity index (χ0) is 15.3. The second-order valence-corrected chi connectivity index (χ2v) is 5.59. The third-order valence-corrected chi connectivity index (χ3v) is 2.72. The molecule has 2 N–H and O–H groups in total. The number of rotatable bonds is 5. The van der Waals surface area contributed by atoms with Gasteiger partial charge >= 0.3 is 5.97 Å². The fourth-order valence-electron chi connectivity index (χ4n) is 1.32. The van der Waals surface area contributed by atoms with Crippen molar-refractivity contribution in [2.75, 3.05) is 18.1 Å². The van der Waals surface area contributed by atoms with Crippen molar-refractivity contribution < 1.29 is 27.9 Å². The Bertz CT molecular complexity index is 662. The molecule has 7 nitrogen and oxygen atoms in total. The number of aliphatic hydroxyl groups excluding tert-OH is 1. The lowest BCUT2D eigenvalue weighted by Gasteiger charge is -2.06. The van der Waals surface area contributed by atoms with Gasteiger partial charge in [-0.3, -0.25) is 9.52 Å². The number of hydrogen-bond donors (Lipinski definition) is 2. The summed E-state index contributed by atoms with van der Waals surface area (Å²) < 4.78 is 28.6. The zero-order valence-electron chi connectivity index (χ0n) is 10.8. The summed E-state index contributed by atoms with van der Waals surface area (Å²) in [6.45, 7) is 0. The molecule has 8 heteroatoms. The summed E-state index contributed by atoms with van der Waals surface area (Å²) in [7, 11) is -2.41. The van der Waals surface area contributed by atoms with E-state index in [1.807, 2.05) is 0 Å². The second-order valence-electron chi connectivity index (χ2n) is 3.84. The van der Waals surface area contributed by atoms with Crippen LogP contribution in [-0.4, -0.2) is 38.6 Å². The molecule has 0 fully saturated rings. The van der Waals surface area contributed by atoms with E-state index in [2.05, 4.69) is 9.46 Å². The van der Waals surface area contributed by atoms with Crippen molar-refractivity contribution in [3.8, 4) is 0 Å². The first-order chi connectivity index (χ1) is 9.23. The molecule has 1 aromatic carbocycles. The van der Waals surface area contributed by atoms with Crippen molar-refractivity contribution in [1.82, 2.24) is 0 Å². The van der Waals surface area contributed by atoms with Crippen molar-refractivity contribution in [3.05, 3.63) is 35.9 Å². The van der Waals surface area contributed by atoms with Gasteiger partial charge in [0.05, 0.1) is 13.4 Å². The Kier molecular flexibility index (Phi) is 4.87. The molecule has 108 valence electrons. The molecule has 20 heavy (non-hydrogen) atoms. The molecule has 0 aliphatic carbocycles. The predicted molar refractivity (Wildman–Crippen MR) is 72.5 cm³/mol. The largest absolute Gasteiger partial charge is 0.507 e. The number of carbonyl (C=O) groups is 2. The van der Waals surface area contributed by atoms with Crippen molar-refractivity contribution in [3.63, 3.8) is 0 Å². The van der Waals surface area contributed by atoms with E-state index >= 15 is 0 Å². The van der Waals surface area contributed by atoms with E-state index in [1.54, 1.807) is 0 Å². The highest BCUT2D eigenvalue weighted by Gasteiger charge is 2.13. The van der Waals surface area contributed by atoms with Crippen LogP contribution in [0.3, 0.4) is 0 Å². The zero-order valence-corrected chi connectivity index (χ0v) is 11.6. The van der Waals surface area contributed by atoms with Gasteiger partial charge in [-0.25, -0.2) is 13.2 Å². The average molecular weight is 299 g/mol. The van der Waals surface area contributed by atoms with Gasteiger partial charge in [-0.1, -0.05) is 12.1 Å². The molecule has 0 spiro atoms. The summed E-state index contributed by atoms with van der Waals surface area (Å²) in [5.74, 6) is -2.61. The molecule has 0 bridgehead atoms. The average Bonchev–Trinajstić information content (AvgIpc) is 2.35. The number of hydrogen-bond acceptors (Lipinski definition) is 6. The van der Waals surface area contributed by atoms with E-state index in [9.17, 15) is 23.1 Å². The van der Waals surface area contributed by atoms with Crippen molar-refractivity contribution >= 4 is 33.2 Å². The van der Waals surface area contributed by atoms with Gasteiger partial charge in [0.1, 0.15) is 5.76 Å². The van der Waals surface area contributed by atoms with Crippen molar-refractivity contribution in [2.45, 2.75) is 0 Å². The lowest BCUT2D eigenvalue weighted by Crippen LogP contribution is -2.13. The normalized spacial score (nSPS) is 11.8. The van der Waals surface area contributed by atoms with Gasteiger partial charge in [-0.2, -0.15) is 0 Å². The molecule has 1 aromatic rings. The Morgan fingerprint density at radius 3 is 2.55 bits per heavy atom. The van der Waals surface area contributed by atoms with E-state index in [0.29, 0.717) is 6.08 Å². The van der Waals surface area contributed by atoms with E-state index < -0.39 is 27.5 Å². The first-order valence-electron chi connectivity index (χ1n) is 5.34. The fourth-order valence-corrected chi connectivity index (χ4v) is 1.88. The monoisotopic (exact) mass is 299 g/mol. The van der Waals surface area contributed by atoms with Gasteiger partial charge in [-0.05, 0) is 12.1 Å². The molecule has 0 radical (unpaired) electrons. The minimum atomic E-state index is -3.45. The topological polar surface area (TPSA) is 110 Å². The van der Waals surface area contributed by atoms with Crippen LogP contribution in [0.5, 0.6) is 0 Å². The first-order valence-corrected chi connectivity index (χ1v) is 7.23. The maximum absolute atomic E-state index is 11.2. The van der Waals surface area contributed by atoms with Crippen LogP contribution < -0.4 is 4.72 Å². The highest BCUT2D eigenvalue weighted by molar-refractivity contribution is 7.92. The van der Waals surface area contributed by atoms with Gasteiger partial charge in [-0.15, -0.1) is 0 Å². The summed E-state index contributed by atoms with van der Waals surface area (Å²) in [5.41, 5.74) is 0.395. The Balaban J connectivity index is 3.03.